The highest BCUT2D eigenvalue weighted by atomic mass is 16.7. The van der Waals surface area contributed by atoms with E-state index in [0.717, 1.165) is 19.3 Å². The normalized spacial score (nSPS) is 34.2. The third kappa shape index (κ3) is 2.75. The van der Waals surface area contributed by atoms with E-state index in [9.17, 15) is 20.6 Å². The first-order valence-corrected chi connectivity index (χ1v) is 10.9. The van der Waals surface area contributed by atoms with Gasteiger partial charge in [0.2, 0.25) is 23.0 Å². The molecule has 0 radical (unpaired) electrons. The van der Waals surface area contributed by atoms with Gasteiger partial charge in [-0.2, -0.15) is 15.8 Å². The van der Waals surface area contributed by atoms with E-state index in [0.29, 0.717) is 30.0 Å². The number of ether oxygens (including phenoxy) is 2. The zero-order chi connectivity index (χ0) is 23.1. The molecule has 1 aromatic carbocycles. The number of hydrogen-bond acceptors (Lipinski definition) is 7. The minimum Gasteiger partial charge on any atom is -0.447 e. The molecular formula is C24H25N5O3. The van der Waals surface area contributed by atoms with Crippen molar-refractivity contribution in [2.75, 3.05) is 5.32 Å². The van der Waals surface area contributed by atoms with Gasteiger partial charge in [-0.05, 0) is 36.5 Å². The maximum atomic E-state index is 11.3. The quantitative estimate of drug-likeness (QED) is 0.732. The minimum atomic E-state index is -1.95. The molecule has 8 nitrogen and oxygen atoms in total. The lowest BCUT2D eigenvalue weighted by atomic mass is 9.50. The molecule has 32 heavy (non-hydrogen) atoms. The summed E-state index contributed by atoms with van der Waals surface area (Å²) < 4.78 is 12.4. The van der Waals surface area contributed by atoms with Gasteiger partial charge in [-0.1, -0.05) is 31.9 Å². The van der Waals surface area contributed by atoms with Crippen molar-refractivity contribution in [3.05, 3.63) is 29.8 Å². The standard InChI is InChI=1S/C24H25N5O3/c1-3-4-16-9-10-24-19(11-16)23(14-27,21(28)32-24)22(12-25,13-26)20(31-24)17-5-7-18(8-6-17)29-15(2)30/h5-8,16,19-20,28H,3-4,9-11H2,1-2H3,(H,29,30). The summed E-state index contributed by atoms with van der Waals surface area (Å²) in [6.07, 6.45) is 2.80. The molecular weight excluding hydrogens is 406 g/mol. The third-order valence-corrected chi connectivity index (χ3v) is 7.25. The highest BCUT2D eigenvalue weighted by Gasteiger charge is 2.80. The molecule has 2 heterocycles. The van der Waals surface area contributed by atoms with Crippen molar-refractivity contribution < 1.29 is 14.3 Å². The Balaban J connectivity index is 1.85. The average Bonchev–Trinajstić information content (AvgIpc) is 2.98. The Morgan fingerprint density at radius 3 is 2.47 bits per heavy atom. The number of anilines is 1. The summed E-state index contributed by atoms with van der Waals surface area (Å²) in [4.78, 5) is 11.3. The lowest BCUT2D eigenvalue weighted by molar-refractivity contribution is -0.299. The third-order valence-electron chi connectivity index (χ3n) is 7.25. The van der Waals surface area contributed by atoms with Gasteiger partial charge in [0.1, 0.15) is 6.10 Å². The van der Waals surface area contributed by atoms with Crippen LogP contribution >= 0.6 is 0 Å². The van der Waals surface area contributed by atoms with Gasteiger partial charge >= 0.3 is 0 Å². The van der Waals surface area contributed by atoms with Crippen LogP contribution in [0.5, 0.6) is 0 Å². The maximum absolute atomic E-state index is 11.3. The van der Waals surface area contributed by atoms with Crippen molar-refractivity contribution >= 4 is 17.5 Å². The van der Waals surface area contributed by atoms with E-state index in [-0.39, 0.29) is 11.8 Å². The van der Waals surface area contributed by atoms with E-state index in [1.165, 1.54) is 6.92 Å². The number of carbonyl (C=O) groups excluding carboxylic acids is 1. The molecule has 2 aliphatic heterocycles. The number of hydrogen-bond donors (Lipinski definition) is 2. The molecule has 2 bridgehead atoms. The Morgan fingerprint density at radius 2 is 1.91 bits per heavy atom. The SMILES string of the molecule is CCCC1CCC23OC(=N)C(C#N)(C2C1)C(C#N)(C#N)C(c1ccc(NC(C)=O)cc1)O3. The van der Waals surface area contributed by atoms with Crippen LogP contribution in [0.1, 0.15) is 57.6 Å². The van der Waals surface area contributed by atoms with Crippen LogP contribution in [0.25, 0.3) is 0 Å². The smallest absolute Gasteiger partial charge is 0.221 e. The zero-order valence-electron chi connectivity index (χ0n) is 18.1. The fourth-order valence-corrected chi connectivity index (χ4v) is 5.83. The number of benzene rings is 1. The molecule has 164 valence electrons. The summed E-state index contributed by atoms with van der Waals surface area (Å²) in [5.74, 6) is -2.00. The number of amides is 1. The van der Waals surface area contributed by atoms with Crippen molar-refractivity contribution in [2.45, 2.75) is 57.8 Å². The molecule has 1 aliphatic carbocycles. The number of rotatable bonds is 4. The van der Waals surface area contributed by atoms with Crippen molar-refractivity contribution in [3.8, 4) is 18.2 Å². The van der Waals surface area contributed by atoms with E-state index < -0.39 is 28.6 Å². The van der Waals surface area contributed by atoms with Crippen LogP contribution < -0.4 is 5.32 Å². The number of nitrogens with zero attached hydrogens (tertiary/aromatic N) is 3. The highest BCUT2D eigenvalue weighted by Crippen LogP contribution is 2.70. The monoisotopic (exact) mass is 431 g/mol. The predicted molar refractivity (Wildman–Crippen MR) is 114 cm³/mol. The van der Waals surface area contributed by atoms with Crippen molar-refractivity contribution in [1.82, 2.24) is 0 Å². The highest BCUT2D eigenvalue weighted by molar-refractivity contribution is 5.90. The van der Waals surface area contributed by atoms with Gasteiger partial charge in [-0.3, -0.25) is 10.2 Å². The molecule has 3 fully saturated rings. The summed E-state index contributed by atoms with van der Waals surface area (Å²) >= 11 is 0. The van der Waals surface area contributed by atoms with Crippen LogP contribution in [0, 0.1) is 62.1 Å². The molecule has 3 aliphatic rings. The molecule has 5 atom stereocenters. The molecule has 8 heteroatoms. The molecule has 5 unspecified atom stereocenters. The molecule has 1 saturated carbocycles. The number of nitriles is 3. The lowest BCUT2D eigenvalue weighted by Gasteiger charge is -2.52. The van der Waals surface area contributed by atoms with Crippen molar-refractivity contribution in [3.63, 3.8) is 0 Å². The Labute approximate surface area is 187 Å². The summed E-state index contributed by atoms with van der Waals surface area (Å²) in [5.41, 5.74) is -2.58. The first-order valence-electron chi connectivity index (χ1n) is 10.9. The summed E-state index contributed by atoms with van der Waals surface area (Å²) in [5, 5.41) is 42.4. The van der Waals surface area contributed by atoms with Crippen LogP contribution in [0.3, 0.4) is 0 Å². The summed E-state index contributed by atoms with van der Waals surface area (Å²) in [6, 6.07) is 13.1. The van der Waals surface area contributed by atoms with Gasteiger partial charge in [-0.15, -0.1) is 0 Å². The predicted octanol–water partition coefficient (Wildman–Crippen LogP) is 4.18. The van der Waals surface area contributed by atoms with E-state index in [1.807, 2.05) is 0 Å². The van der Waals surface area contributed by atoms with Gasteiger partial charge in [-0.25, -0.2) is 0 Å². The molecule has 0 aromatic heterocycles. The Morgan fingerprint density at radius 1 is 1.22 bits per heavy atom. The second-order valence-corrected chi connectivity index (χ2v) is 8.98. The second-order valence-electron chi connectivity index (χ2n) is 8.98. The lowest BCUT2D eigenvalue weighted by Crippen LogP contribution is -2.61. The molecule has 4 rings (SSSR count). The molecule has 2 saturated heterocycles. The van der Waals surface area contributed by atoms with Gasteiger partial charge in [0.05, 0.1) is 24.1 Å². The number of nitrogens with one attached hydrogen (secondary N) is 2. The Kier molecular flexibility index (Phi) is 5.19. The maximum Gasteiger partial charge on any atom is 0.221 e. The van der Waals surface area contributed by atoms with Gasteiger partial charge < -0.3 is 14.8 Å². The van der Waals surface area contributed by atoms with E-state index >= 15 is 0 Å². The fourth-order valence-electron chi connectivity index (χ4n) is 5.83. The largest absolute Gasteiger partial charge is 0.447 e. The Hall–Kier alpha value is -3.41. The van der Waals surface area contributed by atoms with Gasteiger partial charge in [0.15, 0.2) is 5.41 Å². The summed E-state index contributed by atoms with van der Waals surface area (Å²) in [6.45, 7) is 3.50. The van der Waals surface area contributed by atoms with E-state index in [4.69, 9.17) is 14.9 Å². The molecule has 1 amide bonds. The molecule has 1 aromatic rings. The molecule has 2 N–H and O–H groups in total. The Bertz CT molecular complexity index is 1060. The van der Waals surface area contributed by atoms with E-state index in [2.05, 4.69) is 30.4 Å². The van der Waals surface area contributed by atoms with Gasteiger partial charge in [0, 0.05) is 19.0 Å². The average molecular weight is 431 g/mol. The van der Waals surface area contributed by atoms with Crippen LogP contribution in [0.4, 0.5) is 5.69 Å². The first-order chi connectivity index (χ1) is 15.3. The van der Waals surface area contributed by atoms with Crippen LogP contribution in [0.15, 0.2) is 24.3 Å². The van der Waals surface area contributed by atoms with E-state index in [1.54, 1.807) is 24.3 Å². The van der Waals surface area contributed by atoms with Gasteiger partial charge in [0.25, 0.3) is 0 Å². The topological polar surface area (TPSA) is 143 Å². The zero-order valence-corrected chi connectivity index (χ0v) is 18.1. The van der Waals surface area contributed by atoms with Crippen LogP contribution in [-0.2, 0) is 14.3 Å². The van der Waals surface area contributed by atoms with Crippen LogP contribution in [0.2, 0.25) is 0 Å². The fraction of sp³-hybridized carbons (Fsp3) is 0.542. The van der Waals surface area contributed by atoms with Crippen molar-refractivity contribution in [2.24, 2.45) is 22.7 Å². The second kappa shape index (κ2) is 7.62. The number of carbonyl (C=O) groups is 1. The first kappa shape index (κ1) is 21.8. The molecule has 0 spiro atoms. The van der Waals surface area contributed by atoms with Crippen molar-refractivity contribution in [1.29, 1.82) is 21.2 Å². The van der Waals surface area contributed by atoms with Crippen LogP contribution in [-0.4, -0.2) is 17.6 Å². The minimum absolute atomic E-state index is 0.219. The summed E-state index contributed by atoms with van der Waals surface area (Å²) in [7, 11) is 0.